The predicted octanol–water partition coefficient (Wildman–Crippen LogP) is 5.19. The van der Waals surface area contributed by atoms with E-state index in [1.54, 1.807) is 12.1 Å². The van der Waals surface area contributed by atoms with E-state index >= 15 is 0 Å². The van der Waals surface area contributed by atoms with E-state index in [0.717, 1.165) is 5.56 Å². The van der Waals surface area contributed by atoms with E-state index in [9.17, 15) is 4.79 Å². The van der Waals surface area contributed by atoms with Gasteiger partial charge in [-0.05, 0) is 24.3 Å². The molecule has 0 saturated heterocycles. The van der Waals surface area contributed by atoms with Gasteiger partial charge < -0.3 is 10.1 Å². The van der Waals surface area contributed by atoms with Gasteiger partial charge in [-0.3, -0.25) is 4.79 Å². The summed E-state index contributed by atoms with van der Waals surface area (Å²) in [7, 11) is 0. The topological polar surface area (TPSA) is 64.1 Å². The number of ether oxygens (including phenoxy) is 1. The van der Waals surface area contributed by atoms with Gasteiger partial charge in [0.15, 0.2) is 11.6 Å². The summed E-state index contributed by atoms with van der Waals surface area (Å²) in [5.74, 6) is 1.53. The molecule has 0 saturated carbocycles. The van der Waals surface area contributed by atoms with Crippen molar-refractivity contribution in [1.82, 2.24) is 9.97 Å². The van der Waals surface area contributed by atoms with Gasteiger partial charge >= 0.3 is 0 Å². The molecule has 0 spiro atoms. The lowest BCUT2D eigenvalue weighted by Crippen LogP contribution is -2.13. The monoisotopic (exact) mass is 367 g/mol. The van der Waals surface area contributed by atoms with Crippen molar-refractivity contribution in [3.05, 3.63) is 103 Å². The molecule has 0 aliphatic carbocycles. The number of nitrogens with zero attached hydrogens (tertiary/aromatic N) is 2. The fourth-order valence-corrected chi connectivity index (χ4v) is 2.65. The predicted molar refractivity (Wildman–Crippen MR) is 108 cm³/mol. The number of amides is 1. The Morgan fingerprint density at radius 1 is 0.750 bits per heavy atom. The second kappa shape index (κ2) is 8.14. The van der Waals surface area contributed by atoms with E-state index in [4.69, 9.17) is 4.74 Å². The average molecular weight is 367 g/mol. The van der Waals surface area contributed by atoms with Crippen LogP contribution in [-0.4, -0.2) is 15.9 Å². The second-order valence-corrected chi connectivity index (χ2v) is 6.03. The molecule has 0 bridgehead atoms. The van der Waals surface area contributed by atoms with Crippen LogP contribution in [0.2, 0.25) is 0 Å². The van der Waals surface area contributed by atoms with E-state index in [-0.39, 0.29) is 5.91 Å². The molecule has 1 amide bonds. The van der Waals surface area contributed by atoms with Gasteiger partial charge in [0.25, 0.3) is 5.91 Å². The molecule has 1 heterocycles. The lowest BCUT2D eigenvalue weighted by Gasteiger charge is -2.12. The summed E-state index contributed by atoms with van der Waals surface area (Å²) in [5.41, 5.74) is 1.84. The van der Waals surface area contributed by atoms with Crippen molar-refractivity contribution in [2.45, 2.75) is 0 Å². The smallest absolute Gasteiger partial charge is 0.258 e. The Bertz CT molecular complexity index is 1070. The lowest BCUT2D eigenvalue weighted by molar-refractivity contribution is 0.102. The third-order valence-electron chi connectivity index (χ3n) is 4.05. The number of nitrogens with one attached hydrogen (secondary N) is 1. The summed E-state index contributed by atoms with van der Waals surface area (Å²) in [6.07, 6.45) is 3.04. The Balaban J connectivity index is 1.51. The van der Waals surface area contributed by atoms with E-state index < -0.39 is 0 Å². The van der Waals surface area contributed by atoms with Crippen molar-refractivity contribution in [2.24, 2.45) is 0 Å². The van der Waals surface area contributed by atoms with Gasteiger partial charge in [-0.1, -0.05) is 60.7 Å². The second-order valence-electron chi connectivity index (χ2n) is 6.03. The summed E-state index contributed by atoms with van der Waals surface area (Å²) in [4.78, 5) is 21.2. The SMILES string of the molecule is O=C(Nc1ccccc1Oc1ccccc1)c1cnc(-c2ccccc2)nc1. The van der Waals surface area contributed by atoms with E-state index in [1.807, 2.05) is 72.8 Å². The van der Waals surface area contributed by atoms with Crippen LogP contribution in [0.5, 0.6) is 11.5 Å². The van der Waals surface area contributed by atoms with Crippen LogP contribution in [0.15, 0.2) is 97.3 Å². The largest absolute Gasteiger partial charge is 0.455 e. The molecule has 0 unspecified atom stereocenters. The van der Waals surface area contributed by atoms with Crippen molar-refractivity contribution >= 4 is 11.6 Å². The fraction of sp³-hybridized carbons (Fsp3) is 0. The number of carbonyl (C=O) groups is 1. The number of carbonyl (C=O) groups excluding carboxylic acids is 1. The zero-order valence-corrected chi connectivity index (χ0v) is 14.9. The van der Waals surface area contributed by atoms with Crippen LogP contribution in [0.4, 0.5) is 5.69 Å². The van der Waals surface area contributed by atoms with Crippen LogP contribution < -0.4 is 10.1 Å². The number of hydrogen-bond donors (Lipinski definition) is 1. The molecule has 0 aliphatic rings. The van der Waals surface area contributed by atoms with Crippen LogP contribution >= 0.6 is 0 Å². The van der Waals surface area contributed by atoms with Crippen molar-refractivity contribution in [3.63, 3.8) is 0 Å². The van der Waals surface area contributed by atoms with Gasteiger partial charge in [0.2, 0.25) is 0 Å². The van der Waals surface area contributed by atoms with Crippen LogP contribution in [0.3, 0.4) is 0 Å². The maximum absolute atomic E-state index is 12.6. The minimum absolute atomic E-state index is 0.302. The summed E-state index contributed by atoms with van der Waals surface area (Å²) in [6, 6.07) is 26.3. The van der Waals surface area contributed by atoms with Crippen molar-refractivity contribution in [2.75, 3.05) is 5.32 Å². The van der Waals surface area contributed by atoms with Gasteiger partial charge in [0.1, 0.15) is 5.75 Å². The molecule has 0 aliphatic heterocycles. The summed E-state index contributed by atoms with van der Waals surface area (Å²) in [5, 5.41) is 2.86. The molecule has 0 atom stereocenters. The number of hydrogen-bond acceptors (Lipinski definition) is 4. The molecular formula is C23H17N3O2. The van der Waals surface area contributed by atoms with Gasteiger partial charge in [0.05, 0.1) is 11.3 Å². The Morgan fingerprint density at radius 2 is 1.36 bits per heavy atom. The molecule has 0 fully saturated rings. The molecule has 4 rings (SSSR count). The summed E-state index contributed by atoms with van der Waals surface area (Å²) >= 11 is 0. The molecule has 0 radical (unpaired) electrons. The van der Waals surface area contributed by atoms with E-state index in [2.05, 4.69) is 15.3 Å². The van der Waals surface area contributed by atoms with E-state index in [1.165, 1.54) is 12.4 Å². The molecule has 28 heavy (non-hydrogen) atoms. The van der Waals surface area contributed by atoms with Crippen LogP contribution in [0.1, 0.15) is 10.4 Å². The molecule has 5 nitrogen and oxygen atoms in total. The Labute approximate surface area is 162 Å². The van der Waals surface area contributed by atoms with Gasteiger partial charge in [-0.15, -0.1) is 0 Å². The third-order valence-corrected chi connectivity index (χ3v) is 4.05. The minimum Gasteiger partial charge on any atom is -0.455 e. The third kappa shape index (κ3) is 4.04. The Kier molecular flexibility index (Phi) is 5.06. The minimum atomic E-state index is -0.302. The maximum Gasteiger partial charge on any atom is 0.258 e. The van der Waals surface area contributed by atoms with Crippen LogP contribution in [-0.2, 0) is 0 Å². The first-order valence-corrected chi connectivity index (χ1v) is 8.80. The lowest BCUT2D eigenvalue weighted by atomic mass is 10.2. The zero-order valence-electron chi connectivity index (χ0n) is 14.9. The number of para-hydroxylation sites is 3. The number of anilines is 1. The first kappa shape index (κ1) is 17.4. The van der Waals surface area contributed by atoms with Gasteiger partial charge in [-0.25, -0.2) is 9.97 Å². The maximum atomic E-state index is 12.6. The summed E-state index contributed by atoms with van der Waals surface area (Å²) in [6.45, 7) is 0. The number of aromatic nitrogens is 2. The highest BCUT2D eigenvalue weighted by Gasteiger charge is 2.12. The average Bonchev–Trinajstić information content (AvgIpc) is 2.76. The Hall–Kier alpha value is -3.99. The van der Waals surface area contributed by atoms with Crippen molar-refractivity contribution in [3.8, 4) is 22.9 Å². The molecule has 3 aromatic carbocycles. The highest BCUT2D eigenvalue weighted by atomic mass is 16.5. The molecule has 1 aromatic heterocycles. The Morgan fingerprint density at radius 3 is 2.07 bits per heavy atom. The standard InChI is InChI=1S/C23H17N3O2/c27-23(18-15-24-22(25-16-18)17-9-3-1-4-10-17)26-20-13-7-8-14-21(20)28-19-11-5-2-6-12-19/h1-16H,(H,26,27). The normalized spacial score (nSPS) is 10.3. The first-order chi connectivity index (χ1) is 13.8. The number of benzene rings is 3. The van der Waals surface area contributed by atoms with Crippen molar-refractivity contribution in [1.29, 1.82) is 0 Å². The molecule has 136 valence electrons. The summed E-state index contributed by atoms with van der Waals surface area (Å²) < 4.78 is 5.88. The van der Waals surface area contributed by atoms with Crippen LogP contribution in [0, 0.1) is 0 Å². The number of rotatable bonds is 5. The van der Waals surface area contributed by atoms with Gasteiger partial charge in [0, 0.05) is 18.0 Å². The molecule has 5 heteroatoms. The van der Waals surface area contributed by atoms with Gasteiger partial charge in [-0.2, -0.15) is 0 Å². The molecular weight excluding hydrogens is 350 g/mol. The highest BCUT2D eigenvalue weighted by molar-refractivity contribution is 6.04. The highest BCUT2D eigenvalue weighted by Crippen LogP contribution is 2.29. The molecule has 4 aromatic rings. The van der Waals surface area contributed by atoms with E-state index in [0.29, 0.717) is 28.6 Å². The molecule has 1 N–H and O–H groups in total. The van der Waals surface area contributed by atoms with Crippen molar-refractivity contribution < 1.29 is 9.53 Å². The fourth-order valence-electron chi connectivity index (χ4n) is 2.65. The quantitative estimate of drug-likeness (QED) is 0.527. The zero-order chi connectivity index (χ0) is 19.2. The first-order valence-electron chi connectivity index (χ1n) is 8.80. The van der Waals surface area contributed by atoms with Crippen LogP contribution in [0.25, 0.3) is 11.4 Å².